The Morgan fingerprint density at radius 2 is 2.15 bits per heavy atom. The molecule has 0 spiro atoms. The van der Waals surface area contributed by atoms with Gasteiger partial charge in [0.2, 0.25) is 0 Å². The fourth-order valence-corrected chi connectivity index (χ4v) is 2.14. The Kier molecular flexibility index (Phi) is 6.79. The van der Waals surface area contributed by atoms with Crippen molar-refractivity contribution in [3.8, 4) is 0 Å². The van der Waals surface area contributed by atoms with Crippen molar-refractivity contribution in [3.05, 3.63) is 29.0 Å². The first kappa shape index (κ1) is 16.8. The highest BCUT2D eigenvalue weighted by Gasteiger charge is 2.17. The Bertz CT molecular complexity index is 453. The molecule has 0 saturated carbocycles. The van der Waals surface area contributed by atoms with Crippen LogP contribution < -0.4 is 4.90 Å². The molecule has 1 unspecified atom stereocenters. The number of hydrogen-bond acceptors (Lipinski definition) is 2. The Labute approximate surface area is 124 Å². The lowest BCUT2D eigenvalue weighted by Crippen LogP contribution is -2.32. The van der Waals surface area contributed by atoms with Gasteiger partial charge in [0.25, 0.3) is 0 Å². The van der Waals surface area contributed by atoms with E-state index in [-0.39, 0.29) is 5.02 Å². The van der Waals surface area contributed by atoms with Crippen molar-refractivity contribution in [2.75, 3.05) is 18.0 Å². The fourth-order valence-electron chi connectivity index (χ4n) is 1.97. The molecule has 0 aromatic heterocycles. The summed E-state index contributed by atoms with van der Waals surface area (Å²) in [6.45, 7) is 4.91. The molecule has 0 aliphatic carbocycles. The molecule has 0 fully saturated rings. The molecular formula is C15H21ClFNO2. The van der Waals surface area contributed by atoms with Gasteiger partial charge in [-0.3, -0.25) is 4.79 Å². The van der Waals surface area contributed by atoms with E-state index in [0.717, 1.165) is 31.5 Å². The van der Waals surface area contributed by atoms with Gasteiger partial charge >= 0.3 is 5.97 Å². The van der Waals surface area contributed by atoms with Crippen LogP contribution in [0, 0.1) is 11.7 Å². The lowest BCUT2D eigenvalue weighted by atomic mass is 10.1. The monoisotopic (exact) mass is 301 g/mol. The Hall–Kier alpha value is -1.29. The Morgan fingerprint density at radius 1 is 1.45 bits per heavy atom. The molecule has 0 bridgehead atoms. The second-order valence-electron chi connectivity index (χ2n) is 4.99. The molecule has 0 heterocycles. The van der Waals surface area contributed by atoms with Crippen LogP contribution in [0.5, 0.6) is 0 Å². The number of halogens is 2. The van der Waals surface area contributed by atoms with Gasteiger partial charge in [-0.1, -0.05) is 38.3 Å². The van der Waals surface area contributed by atoms with Crippen molar-refractivity contribution in [1.82, 2.24) is 0 Å². The fraction of sp³-hybridized carbons (Fsp3) is 0.533. The number of anilines is 1. The number of aliphatic carboxylic acids is 1. The van der Waals surface area contributed by atoms with Gasteiger partial charge in [-0.15, -0.1) is 0 Å². The van der Waals surface area contributed by atoms with Crippen LogP contribution in [0.25, 0.3) is 0 Å². The summed E-state index contributed by atoms with van der Waals surface area (Å²) in [5.74, 6) is -1.78. The minimum atomic E-state index is -0.835. The number of benzene rings is 1. The summed E-state index contributed by atoms with van der Waals surface area (Å²) in [6, 6.07) is 4.51. The first-order valence-corrected chi connectivity index (χ1v) is 7.26. The maximum absolute atomic E-state index is 13.2. The van der Waals surface area contributed by atoms with Crippen LogP contribution in [-0.4, -0.2) is 24.2 Å². The zero-order chi connectivity index (χ0) is 15.1. The van der Waals surface area contributed by atoms with Crippen LogP contribution in [0.1, 0.15) is 33.1 Å². The Morgan fingerprint density at radius 3 is 2.70 bits per heavy atom. The quantitative estimate of drug-likeness (QED) is 0.732. The Balaban J connectivity index is 2.84. The summed E-state index contributed by atoms with van der Waals surface area (Å²) < 4.78 is 13.2. The maximum atomic E-state index is 13.2. The van der Waals surface area contributed by atoms with Crippen molar-refractivity contribution in [1.29, 1.82) is 0 Å². The molecule has 0 amide bonds. The number of carboxylic acid groups (broad SMARTS) is 1. The SMILES string of the molecule is CCCCCN(CC(C)C(=O)O)c1ccc(F)c(Cl)c1. The van der Waals surface area contributed by atoms with E-state index in [1.165, 1.54) is 6.07 Å². The van der Waals surface area contributed by atoms with E-state index >= 15 is 0 Å². The van der Waals surface area contributed by atoms with Crippen LogP contribution >= 0.6 is 11.6 Å². The van der Waals surface area contributed by atoms with Crippen LogP contribution in [0.15, 0.2) is 18.2 Å². The molecule has 1 N–H and O–H groups in total. The van der Waals surface area contributed by atoms with Crippen LogP contribution in [0.3, 0.4) is 0 Å². The van der Waals surface area contributed by atoms with Crippen molar-refractivity contribution < 1.29 is 14.3 Å². The van der Waals surface area contributed by atoms with E-state index in [4.69, 9.17) is 16.7 Å². The van der Waals surface area contributed by atoms with Crippen molar-refractivity contribution in [2.24, 2.45) is 5.92 Å². The maximum Gasteiger partial charge on any atom is 0.308 e. The second-order valence-corrected chi connectivity index (χ2v) is 5.40. The van der Waals surface area contributed by atoms with Crippen LogP contribution in [0.4, 0.5) is 10.1 Å². The summed E-state index contributed by atoms with van der Waals surface area (Å²) in [5, 5.41) is 9.10. The lowest BCUT2D eigenvalue weighted by molar-refractivity contribution is -0.140. The molecule has 0 aliphatic heterocycles. The molecule has 0 saturated heterocycles. The normalized spacial score (nSPS) is 12.2. The molecular weight excluding hydrogens is 281 g/mol. The van der Waals surface area contributed by atoms with E-state index in [1.807, 2.05) is 4.90 Å². The number of rotatable bonds is 8. The minimum Gasteiger partial charge on any atom is -0.481 e. The van der Waals surface area contributed by atoms with Gasteiger partial charge < -0.3 is 10.0 Å². The third-order valence-electron chi connectivity index (χ3n) is 3.22. The number of carboxylic acids is 1. The van der Waals surface area contributed by atoms with Crippen molar-refractivity contribution in [3.63, 3.8) is 0 Å². The molecule has 1 atom stereocenters. The third-order valence-corrected chi connectivity index (χ3v) is 3.51. The highest BCUT2D eigenvalue weighted by molar-refractivity contribution is 6.31. The number of carbonyl (C=O) groups is 1. The summed E-state index contributed by atoms with van der Waals surface area (Å²) >= 11 is 5.80. The van der Waals surface area contributed by atoms with E-state index in [0.29, 0.717) is 6.54 Å². The van der Waals surface area contributed by atoms with Gasteiger partial charge in [-0.25, -0.2) is 4.39 Å². The van der Waals surface area contributed by atoms with E-state index in [9.17, 15) is 9.18 Å². The lowest BCUT2D eigenvalue weighted by Gasteiger charge is -2.27. The molecule has 0 aliphatic rings. The second kappa shape index (κ2) is 8.10. The summed E-state index contributed by atoms with van der Waals surface area (Å²) in [4.78, 5) is 13.0. The largest absolute Gasteiger partial charge is 0.481 e. The van der Waals surface area contributed by atoms with Gasteiger partial charge in [0.1, 0.15) is 5.82 Å². The predicted molar refractivity (Wildman–Crippen MR) is 79.9 cm³/mol. The number of nitrogens with zero attached hydrogens (tertiary/aromatic N) is 1. The van der Waals surface area contributed by atoms with Gasteiger partial charge in [-0.05, 0) is 24.6 Å². The average Bonchev–Trinajstić information content (AvgIpc) is 2.40. The van der Waals surface area contributed by atoms with Crippen LogP contribution in [-0.2, 0) is 4.79 Å². The third kappa shape index (κ3) is 5.00. The number of unbranched alkanes of at least 4 members (excludes halogenated alkanes) is 2. The van der Waals surface area contributed by atoms with E-state index in [1.54, 1.807) is 19.1 Å². The van der Waals surface area contributed by atoms with Gasteiger partial charge in [0.05, 0.1) is 10.9 Å². The smallest absolute Gasteiger partial charge is 0.308 e. The average molecular weight is 302 g/mol. The highest BCUT2D eigenvalue weighted by atomic mass is 35.5. The summed E-state index contributed by atoms with van der Waals surface area (Å²) in [5.41, 5.74) is 0.764. The molecule has 1 aromatic rings. The van der Waals surface area contributed by atoms with Gasteiger partial charge in [-0.2, -0.15) is 0 Å². The zero-order valence-corrected chi connectivity index (χ0v) is 12.7. The molecule has 3 nitrogen and oxygen atoms in total. The van der Waals surface area contributed by atoms with Crippen molar-refractivity contribution >= 4 is 23.3 Å². The van der Waals surface area contributed by atoms with Gasteiger partial charge in [0, 0.05) is 18.8 Å². The molecule has 5 heteroatoms. The standard InChI is InChI=1S/C15H21ClFNO2/c1-3-4-5-8-18(10-11(2)15(19)20)12-6-7-14(17)13(16)9-12/h6-7,9,11H,3-5,8,10H2,1-2H3,(H,19,20). The minimum absolute atomic E-state index is 0.0611. The van der Waals surface area contributed by atoms with E-state index in [2.05, 4.69) is 6.92 Å². The topological polar surface area (TPSA) is 40.5 Å². The summed E-state index contributed by atoms with van der Waals surface area (Å²) in [7, 11) is 0. The molecule has 112 valence electrons. The first-order chi connectivity index (χ1) is 9.45. The molecule has 1 rings (SSSR count). The first-order valence-electron chi connectivity index (χ1n) is 6.88. The molecule has 0 radical (unpaired) electrons. The van der Waals surface area contributed by atoms with Crippen molar-refractivity contribution in [2.45, 2.75) is 33.1 Å². The number of hydrogen-bond donors (Lipinski definition) is 1. The highest BCUT2D eigenvalue weighted by Crippen LogP contribution is 2.24. The predicted octanol–water partition coefficient (Wildman–Crippen LogP) is 4.20. The molecule has 20 heavy (non-hydrogen) atoms. The molecule has 1 aromatic carbocycles. The van der Waals surface area contributed by atoms with E-state index < -0.39 is 17.7 Å². The van der Waals surface area contributed by atoms with Crippen LogP contribution in [0.2, 0.25) is 5.02 Å². The zero-order valence-electron chi connectivity index (χ0n) is 11.9. The summed E-state index contributed by atoms with van der Waals surface area (Å²) in [6.07, 6.45) is 3.14. The van der Waals surface area contributed by atoms with Gasteiger partial charge in [0.15, 0.2) is 0 Å².